The van der Waals surface area contributed by atoms with Gasteiger partial charge < -0.3 is 18.6 Å². The molecule has 8 aromatic rings. The standard InChI is InChI=1S/C24H6BF6N9.C8H3F2N3.Li/c1-34-24-12-4-15(28)18(31)7-23(12)40(37-24)25(38-21-5-16(29)13(26)2-10(21)19(8-32)35-38)39-22-6-17(30)14(27)3-11(22)20(9-33)36-39;9-5-1-4-7(2-6(5)10)12-13-8(4)3-11;/h2-7H;1-2H,(H,12,13);/q-1;;+1. The summed E-state index contributed by atoms with van der Waals surface area (Å²) >= 11 is 0. The van der Waals surface area contributed by atoms with E-state index < -0.39 is 70.9 Å². The van der Waals surface area contributed by atoms with Gasteiger partial charge in [0.1, 0.15) is 18.2 Å². The smallest absolute Gasteiger partial charge is 0.415 e. The number of aromatic nitrogens is 8. The van der Waals surface area contributed by atoms with E-state index >= 15 is 0 Å². The number of hydrogen-bond acceptors (Lipinski definition) is 7. The molecule has 12 nitrogen and oxygen atoms in total. The van der Waals surface area contributed by atoms with Crippen molar-refractivity contribution in [3.05, 3.63) is 124 Å². The Labute approximate surface area is 306 Å². The van der Waals surface area contributed by atoms with E-state index in [0.29, 0.717) is 47.3 Å². The number of aromatic amines is 1. The molecule has 8 rings (SSSR count). The van der Waals surface area contributed by atoms with Gasteiger partial charge in [0.2, 0.25) is 0 Å². The fourth-order valence-electron chi connectivity index (χ4n) is 5.56. The third kappa shape index (κ3) is 5.80. The fraction of sp³-hybridized carbons (Fsp3) is 0. The minimum atomic E-state index is -1.72. The summed E-state index contributed by atoms with van der Waals surface area (Å²) in [5, 5.41) is 46.0. The topological polar surface area (TPSA) is 158 Å². The average Bonchev–Trinajstić information content (AvgIpc) is 3.89. The molecule has 0 bridgehead atoms. The summed E-state index contributed by atoms with van der Waals surface area (Å²) < 4.78 is 114. The molecule has 257 valence electrons. The van der Waals surface area contributed by atoms with Crippen LogP contribution < -0.4 is 18.9 Å². The number of fused-ring (bicyclic) bond motifs is 4. The zero-order chi connectivity index (χ0) is 37.9. The zero-order valence-corrected chi connectivity index (χ0v) is 26.6. The first-order chi connectivity index (χ1) is 25.4. The Morgan fingerprint density at radius 3 is 1.35 bits per heavy atom. The van der Waals surface area contributed by atoms with E-state index in [1.807, 2.05) is 0 Å². The van der Waals surface area contributed by atoms with Crippen molar-refractivity contribution in [2.24, 2.45) is 0 Å². The first kappa shape index (κ1) is 36.6. The number of hydrogen-bond donors (Lipinski definition) is 1. The molecule has 4 aromatic carbocycles. The molecular weight excluding hydrogens is 722 g/mol. The van der Waals surface area contributed by atoms with Crippen molar-refractivity contribution >= 4 is 56.5 Å². The van der Waals surface area contributed by atoms with Gasteiger partial charge in [-0.2, -0.15) is 20.9 Å². The quantitative estimate of drug-likeness (QED) is 0.166. The molecule has 0 atom stereocenters. The summed E-state index contributed by atoms with van der Waals surface area (Å²) in [6.07, 6.45) is 0. The number of nitrogens with one attached hydrogen (secondary N) is 1. The number of rotatable bonds is 3. The van der Waals surface area contributed by atoms with Crippen molar-refractivity contribution < 1.29 is 54.0 Å². The molecule has 0 fully saturated rings. The van der Waals surface area contributed by atoms with Crippen LogP contribution in [0.25, 0.3) is 48.5 Å². The van der Waals surface area contributed by atoms with Gasteiger partial charge in [0, 0.05) is 44.2 Å². The SMILES string of the molecule is N#Cc1n[nH]c2cc(F)c(F)cc12.[C-]#[N+]c1nn([B-](n2nc(C#N)c3cc(F)c(F)cc32)n2nc(C#N)c3cc(F)c(F)cc32)c2cc(F)c(F)cc12.[Li+]. The van der Waals surface area contributed by atoms with Gasteiger partial charge in [0.05, 0.1) is 5.52 Å². The molecule has 4 aromatic heterocycles. The largest absolute Gasteiger partial charge is 1.00 e. The Kier molecular flexibility index (Phi) is 9.32. The van der Waals surface area contributed by atoms with Crippen molar-refractivity contribution in [1.82, 2.24) is 39.3 Å². The van der Waals surface area contributed by atoms with Gasteiger partial charge in [0.15, 0.2) is 63.6 Å². The molecule has 4 heterocycles. The van der Waals surface area contributed by atoms with E-state index in [0.717, 1.165) is 25.9 Å². The van der Waals surface area contributed by atoms with Gasteiger partial charge in [-0.15, -0.1) is 0 Å². The number of H-pyrrole nitrogens is 1. The second kappa shape index (κ2) is 13.8. The zero-order valence-electron chi connectivity index (χ0n) is 26.6. The van der Waals surface area contributed by atoms with E-state index in [1.54, 1.807) is 18.2 Å². The summed E-state index contributed by atoms with van der Waals surface area (Å²) in [7, 11) is -1.72. The molecule has 0 spiro atoms. The van der Waals surface area contributed by atoms with Crippen molar-refractivity contribution in [2.45, 2.75) is 0 Å². The van der Waals surface area contributed by atoms with Gasteiger partial charge >= 0.3 is 18.9 Å². The van der Waals surface area contributed by atoms with Gasteiger partial charge in [-0.25, -0.2) is 45.3 Å². The predicted octanol–water partition coefficient (Wildman–Crippen LogP) is 3.51. The Hall–Kier alpha value is -7.18. The monoisotopic (exact) mass is 731 g/mol. The molecule has 0 saturated heterocycles. The number of benzene rings is 4. The number of nitrogens with zero attached hydrogens (tertiary/aromatic N) is 11. The summed E-state index contributed by atoms with van der Waals surface area (Å²) in [6, 6.07) is 11.4. The first-order valence-corrected chi connectivity index (χ1v) is 14.4. The number of nitriles is 3. The molecule has 0 amide bonds. The van der Waals surface area contributed by atoms with Crippen LogP contribution in [0.1, 0.15) is 17.1 Å². The van der Waals surface area contributed by atoms with Crippen LogP contribution in [-0.2, 0) is 0 Å². The molecule has 0 aliphatic carbocycles. The Balaban J connectivity index is 0.000000300. The Morgan fingerprint density at radius 2 is 0.907 bits per heavy atom. The maximum atomic E-state index is 14.4. The maximum absolute atomic E-state index is 14.4. The van der Waals surface area contributed by atoms with E-state index in [4.69, 9.17) is 11.8 Å². The van der Waals surface area contributed by atoms with Gasteiger partial charge in [0.25, 0.3) is 12.9 Å². The molecule has 0 aliphatic rings. The summed E-state index contributed by atoms with van der Waals surface area (Å²) in [4.78, 5) is 3.22. The van der Waals surface area contributed by atoms with Crippen molar-refractivity contribution in [2.75, 3.05) is 0 Å². The Bertz CT molecular complexity index is 2790. The van der Waals surface area contributed by atoms with E-state index in [1.165, 1.54) is 0 Å². The van der Waals surface area contributed by atoms with Gasteiger partial charge in [-0.1, -0.05) is 11.7 Å². The van der Waals surface area contributed by atoms with Gasteiger partial charge in [-0.3, -0.25) is 5.10 Å². The molecule has 1 radical (unpaired) electrons. The van der Waals surface area contributed by atoms with Crippen LogP contribution in [0.5, 0.6) is 0 Å². The van der Waals surface area contributed by atoms with Crippen LogP contribution in [0, 0.1) is 87.1 Å². The normalized spacial score (nSPS) is 10.9. The maximum Gasteiger partial charge on any atom is 1.00 e. The molecule has 0 aliphatic heterocycles. The molecule has 0 saturated carbocycles. The molecule has 54 heavy (non-hydrogen) atoms. The van der Waals surface area contributed by atoms with Crippen molar-refractivity contribution in [1.29, 1.82) is 15.8 Å². The van der Waals surface area contributed by atoms with Crippen LogP contribution >= 0.6 is 0 Å². The van der Waals surface area contributed by atoms with Crippen LogP contribution in [0.3, 0.4) is 0 Å². The second-order valence-electron chi connectivity index (χ2n) is 10.9. The van der Waals surface area contributed by atoms with Crippen LogP contribution in [0.2, 0.25) is 0 Å². The number of halogens is 8. The fourth-order valence-corrected chi connectivity index (χ4v) is 5.56. The van der Waals surface area contributed by atoms with Crippen LogP contribution in [-0.4, -0.2) is 46.4 Å². The summed E-state index contributed by atoms with van der Waals surface area (Å²) in [6.45, 7) is 7.47. The Morgan fingerprint density at radius 1 is 0.537 bits per heavy atom. The third-order valence-electron chi connectivity index (χ3n) is 7.91. The van der Waals surface area contributed by atoms with Crippen LogP contribution in [0.15, 0.2) is 48.5 Å². The minimum Gasteiger partial charge on any atom is -0.415 e. The summed E-state index contributed by atoms with van der Waals surface area (Å²) in [5.41, 5.74) is -1.07. The molecule has 1 N–H and O–H groups in total. The summed E-state index contributed by atoms with van der Waals surface area (Å²) in [5.74, 6) is -10.3. The first-order valence-electron chi connectivity index (χ1n) is 14.4. The van der Waals surface area contributed by atoms with E-state index in [9.17, 15) is 45.6 Å². The van der Waals surface area contributed by atoms with E-state index in [2.05, 4.69) is 30.3 Å². The van der Waals surface area contributed by atoms with Crippen LogP contribution in [0.4, 0.5) is 40.9 Å². The molecular formula is C32H9BF8LiN12. The van der Waals surface area contributed by atoms with Crippen molar-refractivity contribution in [3.8, 4) is 18.2 Å². The predicted molar refractivity (Wildman–Crippen MR) is 167 cm³/mol. The average molecular weight is 731 g/mol. The third-order valence-corrected chi connectivity index (χ3v) is 7.91. The molecule has 22 heteroatoms. The van der Waals surface area contributed by atoms with Gasteiger partial charge in [-0.05, 0) is 42.5 Å². The van der Waals surface area contributed by atoms with E-state index in [-0.39, 0.29) is 57.3 Å². The second-order valence-corrected chi connectivity index (χ2v) is 10.9. The molecule has 0 unspecified atom stereocenters. The van der Waals surface area contributed by atoms with Crippen molar-refractivity contribution in [3.63, 3.8) is 0 Å². The minimum absolute atomic E-state index is 0.